The summed E-state index contributed by atoms with van der Waals surface area (Å²) in [6.45, 7) is 0.580. The first-order valence-electron chi connectivity index (χ1n) is 5.31. The zero-order valence-corrected chi connectivity index (χ0v) is 9.56. The maximum absolute atomic E-state index is 13.6. The summed E-state index contributed by atoms with van der Waals surface area (Å²) in [4.78, 5) is 11.6. The van der Waals surface area contributed by atoms with Gasteiger partial charge in [-0.1, -0.05) is 6.07 Å². The van der Waals surface area contributed by atoms with Gasteiger partial charge in [0.25, 0.3) is 0 Å². The zero-order chi connectivity index (χ0) is 12.4. The molecule has 0 aliphatic heterocycles. The van der Waals surface area contributed by atoms with Crippen molar-refractivity contribution in [3.8, 4) is 0 Å². The van der Waals surface area contributed by atoms with Crippen LogP contribution in [-0.2, 0) is 20.1 Å². The molecule has 0 radical (unpaired) electrons. The fraction of sp³-hybridized carbons (Fsp3) is 0.250. The van der Waals surface area contributed by atoms with E-state index >= 15 is 0 Å². The average Bonchev–Trinajstić information content (AvgIpc) is 2.64. The average molecular weight is 235 g/mol. The molecule has 90 valence electrons. The second-order valence-corrected chi connectivity index (χ2v) is 3.95. The summed E-state index contributed by atoms with van der Waals surface area (Å²) in [7, 11) is 1.66. The Hall–Kier alpha value is -1.88. The number of rotatable bonds is 3. The van der Waals surface area contributed by atoms with Crippen molar-refractivity contribution in [3.63, 3.8) is 0 Å². The first-order valence-corrected chi connectivity index (χ1v) is 5.31. The lowest BCUT2D eigenvalue weighted by atomic mass is 10.1. The molecule has 4 nitrogen and oxygen atoms in total. The minimum Gasteiger partial charge on any atom is -0.326 e. The third kappa shape index (κ3) is 2.29. The lowest BCUT2D eigenvalue weighted by Gasteiger charge is -2.06. The molecule has 0 spiro atoms. The molecule has 0 unspecified atom stereocenters. The van der Waals surface area contributed by atoms with E-state index < -0.39 is 0 Å². The Kier molecular flexibility index (Phi) is 3.10. The Morgan fingerprint density at radius 3 is 2.71 bits per heavy atom. The molecule has 2 aromatic rings. The molecule has 17 heavy (non-hydrogen) atoms. The number of aryl methyl sites for hydroxylation is 1. The SMILES string of the molecule is Cn1ccn(Cc2cc(CN)ccc2F)c1=O. The fourth-order valence-electron chi connectivity index (χ4n) is 1.69. The van der Waals surface area contributed by atoms with E-state index in [4.69, 9.17) is 5.73 Å². The monoisotopic (exact) mass is 235 g/mol. The van der Waals surface area contributed by atoms with E-state index in [1.807, 2.05) is 0 Å². The maximum Gasteiger partial charge on any atom is 0.328 e. The zero-order valence-electron chi connectivity index (χ0n) is 9.56. The van der Waals surface area contributed by atoms with Crippen molar-refractivity contribution >= 4 is 0 Å². The molecule has 2 N–H and O–H groups in total. The first-order chi connectivity index (χ1) is 8.11. The third-order valence-corrected chi connectivity index (χ3v) is 2.70. The number of nitrogens with two attached hydrogens (primary N) is 1. The summed E-state index contributed by atoms with van der Waals surface area (Å²) in [6.07, 6.45) is 3.28. The Morgan fingerprint density at radius 1 is 1.35 bits per heavy atom. The van der Waals surface area contributed by atoms with Crippen LogP contribution in [0, 0.1) is 5.82 Å². The van der Waals surface area contributed by atoms with Crippen LogP contribution < -0.4 is 11.4 Å². The summed E-state index contributed by atoms with van der Waals surface area (Å²) >= 11 is 0. The molecular formula is C12H14FN3O. The van der Waals surface area contributed by atoms with Crippen LogP contribution in [0.4, 0.5) is 4.39 Å². The van der Waals surface area contributed by atoms with Crippen molar-refractivity contribution in [3.05, 3.63) is 58.0 Å². The van der Waals surface area contributed by atoms with Gasteiger partial charge in [0.1, 0.15) is 5.82 Å². The van der Waals surface area contributed by atoms with Crippen LogP contribution in [0.3, 0.4) is 0 Å². The van der Waals surface area contributed by atoms with Gasteiger partial charge in [-0.05, 0) is 17.7 Å². The number of hydrogen-bond acceptors (Lipinski definition) is 2. The molecule has 1 aromatic carbocycles. The van der Waals surface area contributed by atoms with Crippen molar-refractivity contribution in [1.82, 2.24) is 9.13 Å². The maximum atomic E-state index is 13.6. The van der Waals surface area contributed by atoms with Crippen molar-refractivity contribution in [1.29, 1.82) is 0 Å². The second-order valence-electron chi connectivity index (χ2n) is 3.95. The van der Waals surface area contributed by atoms with Crippen molar-refractivity contribution in [2.45, 2.75) is 13.1 Å². The van der Waals surface area contributed by atoms with Gasteiger partial charge in [-0.15, -0.1) is 0 Å². The summed E-state index contributed by atoms with van der Waals surface area (Å²) in [5.74, 6) is -0.321. The summed E-state index contributed by atoms with van der Waals surface area (Å²) in [5.41, 5.74) is 6.66. The number of aromatic nitrogens is 2. The predicted molar refractivity (Wildman–Crippen MR) is 63.1 cm³/mol. The number of nitrogens with zero attached hydrogens (tertiary/aromatic N) is 2. The first kappa shape index (κ1) is 11.6. The molecule has 0 atom stereocenters. The van der Waals surface area contributed by atoms with Crippen molar-refractivity contribution < 1.29 is 4.39 Å². The molecule has 0 fully saturated rings. The van der Waals surface area contributed by atoms with Gasteiger partial charge in [-0.25, -0.2) is 9.18 Å². The third-order valence-electron chi connectivity index (χ3n) is 2.70. The van der Waals surface area contributed by atoms with E-state index in [2.05, 4.69) is 0 Å². The van der Waals surface area contributed by atoms with E-state index in [0.29, 0.717) is 12.1 Å². The molecule has 2 rings (SSSR count). The lowest BCUT2D eigenvalue weighted by Crippen LogP contribution is -2.22. The summed E-state index contributed by atoms with van der Waals surface area (Å²) < 4.78 is 16.5. The molecule has 5 heteroatoms. The van der Waals surface area contributed by atoms with Gasteiger partial charge >= 0.3 is 5.69 Å². The highest BCUT2D eigenvalue weighted by molar-refractivity contribution is 5.25. The van der Waals surface area contributed by atoms with Gasteiger partial charge in [0.15, 0.2) is 0 Å². The van der Waals surface area contributed by atoms with Gasteiger partial charge in [0, 0.05) is 31.5 Å². The fourth-order valence-corrected chi connectivity index (χ4v) is 1.69. The van der Waals surface area contributed by atoms with Crippen LogP contribution >= 0.6 is 0 Å². The highest BCUT2D eigenvalue weighted by atomic mass is 19.1. The van der Waals surface area contributed by atoms with E-state index in [1.165, 1.54) is 15.2 Å². The van der Waals surface area contributed by atoms with Crippen molar-refractivity contribution in [2.75, 3.05) is 0 Å². The number of benzene rings is 1. The molecule has 0 saturated heterocycles. The number of hydrogen-bond donors (Lipinski definition) is 1. The molecule has 0 saturated carbocycles. The van der Waals surface area contributed by atoms with Crippen molar-refractivity contribution in [2.24, 2.45) is 12.8 Å². The molecular weight excluding hydrogens is 221 g/mol. The molecule has 1 heterocycles. The number of halogens is 1. The van der Waals surface area contributed by atoms with Gasteiger partial charge in [0.2, 0.25) is 0 Å². The minimum atomic E-state index is -0.321. The normalized spacial score (nSPS) is 10.8. The molecule has 1 aromatic heterocycles. The smallest absolute Gasteiger partial charge is 0.326 e. The van der Waals surface area contributed by atoms with E-state index in [1.54, 1.807) is 31.6 Å². The van der Waals surface area contributed by atoms with Gasteiger partial charge < -0.3 is 10.3 Å². The Labute approximate surface area is 98.1 Å². The standard InChI is InChI=1S/C12H14FN3O/c1-15-4-5-16(12(15)17)8-10-6-9(7-14)2-3-11(10)13/h2-6H,7-8,14H2,1H3. The van der Waals surface area contributed by atoms with Crippen LogP contribution in [0.25, 0.3) is 0 Å². The Morgan fingerprint density at radius 2 is 2.12 bits per heavy atom. The van der Waals surface area contributed by atoms with Crippen LogP contribution in [0.5, 0.6) is 0 Å². The summed E-state index contributed by atoms with van der Waals surface area (Å²) in [5, 5.41) is 0. The van der Waals surface area contributed by atoms with E-state index in [-0.39, 0.29) is 18.1 Å². The van der Waals surface area contributed by atoms with Crippen LogP contribution in [0.2, 0.25) is 0 Å². The topological polar surface area (TPSA) is 52.9 Å². The van der Waals surface area contributed by atoms with Gasteiger partial charge in [-0.2, -0.15) is 0 Å². The summed E-state index contributed by atoms with van der Waals surface area (Å²) in [6, 6.07) is 4.72. The Balaban J connectivity index is 2.35. The van der Waals surface area contributed by atoms with E-state index in [0.717, 1.165) is 5.56 Å². The highest BCUT2D eigenvalue weighted by Gasteiger charge is 2.06. The number of imidazole rings is 1. The van der Waals surface area contributed by atoms with Gasteiger partial charge in [0.05, 0.1) is 6.54 Å². The highest BCUT2D eigenvalue weighted by Crippen LogP contribution is 2.11. The van der Waals surface area contributed by atoms with Gasteiger partial charge in [-0.3, -0.25) is 4.57 Å². The van der Waals surface area contributed by atoms with Crippen LogP contribution in [-0.4, -0.2) is 9.13 Å². The predicted octanol–water partition coefficient (Wildman–Crippen LogP) is 0.833. The second kappa shape index (κ2) is 4.55. The molecule has 0 bridgehead atoms. The lowest BCUT2D eigenvalue weighted by molar-refractivity contribution is 0.593. The largest absolute Gasteiger partial charge is 0.328 e. The minimum absolute atomic E-state index is 0.164. The van der Waals surface area contributed by atoms with Crippen LogP contribution in [0.15, 0.2) is 35.4 Å². The Bertz CT molecular complexity index is 586. The molecule has 0 aliphatic rings. The van der Waals surface area contributed by atoms with E-state index in [9.17, 15) is 9.18 Å². The molecule has 0 amide bonds. The van der Waals surface area contributed by atoms with Crippen LogP contribution in [0.1, 0.15) is 11.1 Å². The molecule has 0 aliphatic carbocycles. The quantitative estimate of drug-likeness (QED) is 0.856.